The summed E-state index contributed by atoms with van der Waals surface area (Å²) < 4.78 is 21.2. The average Bonchev–Trinajstić information content (AvgIpc) is 3.23. The van der Waals surface area contributed by atoms with Gasteiger partial charge in [0.15, 0.2) is 0 Å². The third kappa shape index (κ3) is 3.53. The van der Waals surface area contributed by atoms with Gasteiger partial charge in [-0.15, -0.1) is 0 Å². The van der Waals surface area contributed by atoms with Crippen LogP contribution in [-0.2, 0) is 18.3 Å². The number of halogens is 1. The zero-order valence-electron chi connectivity index (χ0n) is 13.3. The lowest BCUT2D eigenvalue weighted by Gasteiger charge is -2.19. The number of nitrogens with one attached hydrogen (secondary N) is 1. The molecule has 1 unspecified atom stereocenters. The second-order valence-corrected chi connectivity index (χ2v) is 5.50. The van der Waals surface area contributed by atoms with E-state index >= 15 is 0 Å². The Morgan fingerprint density at radius 2 is 2.17 bits per heavy atom. The van der Waals surface area contributed by atoms with Gasteiger partial charge in [-0.25, -0.2) is 9.37 Å². The van der Waals surface area contributed by atoms with E-state index in [2.05, 4.69) is 10.3 Å². The molecule has 0 radical (unpaired) electrons. The fourth-order valence-electron chi connectivity index (χ4n) is 2.57. The largest absolute Gasteiger partial charge is 0.469 e. The summed E-state index contributed by atoms with van der Waals surface area (Å²) in [7, 11) is 1.81. The summed E-state index contributed by atoms with van der Waals surface area (Å²) in [4.78, 5) is 16.6. The highest BCUT2D eigenvalue weighted by Gasteiger charge is 2.23. The van der Waals surface area contributed by atoms with Crippen LogP contribution in [0.5, 0.6) is 0 Å². The molecule has 0 aliphatic rings. The van der Waals surface area contributed by atoms with Crippen LogP contribution < -0.4 is 5.32 Å². The standard InChI is InChI=1S/C18H18FN3O2/c1-22-11-10-20-18(22)17(14-6-2-3-7-15(14)19)21-16(23)9-8-13-5-4-12-24-13/h2-7,10-12,17H,8-9H2,1H3,(H,21,23). The first kappa shape index (κ1) is 16.0. The Bertz CT molecular complexity index is 811. The van der Waals surface area contributed by atoms with Crippen molar-refractivity contribution in [2.24, 2.45) is 7.05 Å². The summed E-state index contributed by atoms with van der Waals surface area (Å²) in [5.41, 5.74) is 0.387. The van der Waals surface area contributed by atoms with Crippen molar-refractivity contribution >= 4 is 5.91 Å². The fraction of sp³-hybridized carbons (Fsp3) is 0.222. The van der Waals surface area contributed by atoms with Gasteiger partial charge in [0.2, 0.25) is 5.91 Å². The highest BCUT2D eigenvalue weighted by Crippen LogP contribution is 2.23. The topological polar surface area (TPSA) is 60.1 Å². The molecule has 1 N–H and O–H groups in total. The number of imidazole rings is 1. The van der Waals surface area contributed by atoms with Crippen LogP contribution in [0.25, 0.3) is 0 Å². The summed E-state index contributed by atoms with van der Waals surface area (Å²) in [5.74, 6) is 0.746. The number of hydrogen-bond donors (Lipinski definition) is 1. The van der Waals surface area contributed by atoms with Crippen molar-refractivity contribution < 1.29 is 13.6 Å². The van der Waals surface area contributed by atoms with Crippen LogP contribution in [0.1, 0.15) is 29.6 Å². The molecule has 0 spiro atoms. The molecule has 1 atom stereocenters. The number of aryl methyl sites for hydroxylation is 2. The van der Waals surface area contributed by atoms with Crippen molar-refractivity contribution in [2.75, 3.05) is 0 Å². The van der Waals surface area contributed by atoms with E-state index < -0.39 is 6.04 Å². The summed E-state index contributed by atoms with van der Waals surface area (Å²) in [5, 5.41) is 2.88. The van der Waals surface area contributed by atoms with E-state index in [0.29, 0.717) is 17.8 Å². The number of amides is 1. The van der Waals surface area contributed by atoms with Crippen LogP contribution in [0.2, 0.25) is 0 Å². The summed E-state index contributed by atoms with van der Waals surface area (Å²) >= 11 is 0. The molecule has 2 aromatic heterocycles. The Morgan fingerprint density at radius 1 is 1.33 bits per heavy atom. The van der Waals surface area contributed by atoms with Gasteiger partial charge in [-0.05, 0) is 18.2 Å². The van der Waals surface area contributed by atoms with E-state index in [0.717, 1.165) is 5.76 Å². The van der Waals surface area contributed by atoms with Gasteiger partial charge in [0.05, 0.1) is 6.26 Å². The van der Waals surface area contributed by atoms with Crippen molar-refractivity contribution in [3.63, 3.8) is 0 Å². The van der Waals surface area contributed by atoms with Gasteiger partial charge >= 0.3 is 0 Å². The smallest absolute Gasteiger partial charge is 0.221 e. The van der Waals surface area contributed by atoms with Gasteiger partial charge in [-0.2, -0.15) is 0 Å². The van der Waals surface area contributed by atoms with Crippen molar-refractivity contribution in [1.29, 1.82) is 0 Å². The molecule has 3 aromatic rings. The summed E-state index contributed by atoms with van der Waals surface area (Å²) in [6.45, 7) is 0. The third-order valence-electron chi connectivity index (χ3n) is 3.82. The molecule has 1 aromatic carbocycles. The minimum Gasteiger partial charge on any atom is -0.469 e. The number of hydrogen-bond acceptors (Lipinski definition) is 3. The normalized spacial score (nSPS) is 12.1. The van der Waals surface area contributed by atoms with Gasteiger partial charge in [-0.3, -0.25) is 4.79 Å². The zero-order valence-corrected chi connectivity index (χ0v) is 13.3. The molecular weight excluding hydrogens is 309 g/mol. The molecule has 0 fully saturated rings. The highest BCUT2D eigenvalue weighted by atomic mass is 19.1. The monoisotopic (exact) mass is 327 g/mol. The lowest BCUT2D eigenvalue weighted by Crippen LogP contribution is -2.31. The lowest BCUT2D eigenvalue weighted by atomic mass is 10.0. The molecule has 0 saturated heterocycles. The molecule has 6 heteroatoms. The highest BCUT2D eigenvalue weighted by molar-refractivity contribution is 5.77. The molecule has 0 bridgehead atoms. The van der Waals surface area contributed by atoms with E-state index in [4.69, 9.17) is 4.42 Å². The van der Waals surface area contributed by atoms with Crippen LogP contribution in [0.15, 0.2) is 59.5 Å². The van der Waals surface area contributed by atoms with E-state index in [1.807, 2.05) is 13.1 Å². The molecule has 124 valence electrons. The van der Waals surface area contributed by atoms with Crippen LogP contribution in [-0.4, -0.2) is 15.5 Å². The Balaban J connectivity index is 1.79. The number of benzene rings is 1. The maximum absolute atomic E-state index is 14.2. The summed E-state index contributed by atoms with van der Waals surface area (Å²) in [6.07, 6.45) is 5.70. The fourth-order valence-corrected chi connectivity index (χ4v) is 2.57. The molecule has 0 aliphatic carbocycles. The molecule has 2 heterocycles. The predicted molar refractivity (Wildman–Crippen MR) is 86.6 cm³/mol. The van der Waals surface area contributed by atoms with Crippen molar-refractivity contribution in [3.05, 3.63) is 78.0 Å². The maximum atomic E-state index is 14.2. The number of nitrogens with zero attached hydrogens (tertiary/aromatic N) is 2. The van der Waals surface area contributed by atoms with Gasteiger partial charge in [-0.1, -0.05) is 18.2 Å². The van der Waals surface area contributed by atoms with Gasteiger partial charge < -0.3 is 14.3 Å². The predicted octanol–water partition coefficient (Wildman–Crippen LogP) is 2.99. The first-order chi connectivity index (χ1) is 11.6. The zero-order chi connectivity index (χ0) is 16.9. The number of furan rings is 1. The number of carbonyl (C=O) groups excluding carboxylic acids is 1. The second-order valence-electron chi connectivity index (χ2n) is 5.50. The van der Waals surface area contributed by atoms with Crippen molar-refractivity contribution in [1.82, 2.24) is 14.9 Å². The van der Waals surface area contributed by atoms with Gasteiger partial charge in [0, 0.05) is 37.8 Å². The van der Waals surface area contributed by atoms with Crippen molar-refractivity contribution in [3.8, 4) is 0 Å². The van der Waals surface area contributed by atoms with E-state index in [1.165, 1.54) is 6.07 Å². The molecule has 0 saturated carbocycles. The third-order valence-corrected chi connectivity index (χ3v) is 3.82. The maximum Gasteiger partial charge on any atom is 0.221 e. The minimum atomic E-state index is -0.643. The second kappa shape index (κ2) is 7.12. The Hall–Kier alpha value is -2.89. The molecule has 3 rings (SSSR count). The number of carbonyl (C=O) groups is 1. The van der Waals surface area contributed by atoms with Gasteiger partial charge in [0.1, 0.15) is 23.4 Å². The summed E-state index contributed by atoms with van der Waals surface area (Å²) in [6, 6.07) is 9.34. The number of rotatable bonds is 6. The van der Waals surface area contributed by atoms with E-state index in [9.17, 15) is 9.18 Å². The number of aromatic nitrogens is 2. The molecule has 24 heavy (non-hydrogen) atoms. The molecule has 0 aliphatic heterocycles. The Kier molecular flexibility index (Phi) is 4.74. The van der Waals surface area contributed by atoms with Crippen molar-refractivity contribution in [2.45, 2.75) is 18.9 Å². The van der Waals surface area contributed by atoms with Crippen LogP contribution in [0, 0.1) is 5.82 Å². The quantitative estimate of drug-likeness (QED) is 0.757. The molecule has 5 nitrogen and oxygen atoms in total. The lowest BCUT2D eigenvalue weighted by molar-refractivity contribution is -0.121. The average molecular weight is 327 g/mol. The van der Waals surface area contributed by atoms with Crippen LogP contribution >= 0.6 is 0 Å². The minimum absolute atomic E-state index is 0.192. The Morgan fingerprint density at radius 3 is 2.83 bits per heavy atom. The van der Waals surface area contributed by atoms with Crippen LogP contribution in [0.4, 0.5) is 4.39 Å². The van der Waals surface area contributed by atoms with E-state index in [1.54, 1.807) is 47.5 Å². The van der Waals surface area contributed by atoms with E-state index in [-0.39, 0.29) is 18.1 Å². The first-order valence-corrected chi connectivity index (χ1v) is 7.68. The molecule has 1 amide bonds. The first-order valence-electron chi connectivity index (χ1n) is 7.68. The van der Waals surface area contributed by atoms with Crippen LogP contribution in [0.3, 0.4) is 0 Å². The van der Waals surface area contributed by atoms with Gasteiger partial charge in [0.25, 0.3) is 0 Å². The molecular formula is C18H18FN3O2. The SMILES string of the molecule is Cn1ccnc1C(NC(=O)CCc1ccco1)c1ccccc1F. The Labute approximate surface area is 139 Å².